The first-order valence-electron chi connectivity index (χ1n) is 5.67. The van der Waals surface area contributed by atoms with Crippen LogP contribution in [0, 0.1) is 0 Å². The van der Waals surface area contributed by atoms with E-state index < -0.39 is 0 Å². The Morgan fingerprint density at radius 2 is 2.38 bits per heavy atom. The van der Waals surface area contributed by atoms with E-state index in [-0.39, 0.29) is 6.04 Å². The van der Waals surface area contributed by atoms with Crippen LogP contribution in [-0.2, 0) is 18.2 Å². The highest BCUT2D eigenvalue weighted by atomic mass is 16.5. The van der Waals surface area contributed by atoms with Gasteiger partial charge in [0, 0.05) is 45.0 Å². The average molecular weight is 226 g/mol. The summed E-state index contributed by atoms with van der Waals surface area (Å²) in [5, 5.41) is 7.79. The van der Waals surface area contributed by atoms with Gasteiger partial charge in [-0.1, -0.05) is 6.92 Å². The summed E-state index contributed by atoms with van der Waals surface area (Å²) >= 11 is 0. The molecule has 0 radical (unpaired) electrons. The molecule has 3 N–H and O–H groups in total. The number of nitrogens with zero attached hydrogens (tertiary/aromatic N) is 2. The number of aryl methyl sites for hydroxylation is 2. The molecule has 0 amide bonds. The predicted octanol–water partition coefficient (Wildman–Crippen LogP) is 0.218. The Morgan fingerprint density at radius 1 is 1.62 bits per heavy atom. The highest BCUT2D eigenvalue weighted by Gasteiger charge is 2.15. The van der Waals surface area contributed by atoms with E-state index in [4.69, 9.17) is 10.5 Å². The van der Waals surface area contributed by atoms with Crippen molar-refractivity contribution < 1.29 is 4.74 Å². The Morgan fingerprint density at radius 3 is 2.94 bits per heavy atom. The van der Waals surface area contributed by atoms with Gasteiger partial charge in [0.15, 0.2) is 0 Å². The minimum atomic E-state index is 0.166. The zero-order valence-corrected chi connectivity index (χ0v) is 10.4. The maximum Gasteiger partial charge on any atom is 0.0670 e. The number of hydrogen-bond donors (Lipinski definition) is 2. The molecular weight excluding hydrogens is 204 g/mol. The van der Waals surface area contributed by atoms with Gasteiger partial charge in [0.2, 0.25) is 0 Å². The third-order valence-electron chi connectivity index (χ3n) is 2.58. The summed E-state index contributed by atoms with van der Waals surface area (Å²) in [5.74, 6) is 0. The zero-order chi connectivity index (χ0) is 12.0. The van der Waals surface area contributed by atoms with Gasteiger partial charge in [-0.05, 0) is 6.42 Å². The van der Waals surface area contributed by atoms with E-state index in [0.29, 0.717) is 13.2 Å². The highest BCUT2D eigenvalue weighted by Crippen LogP contribution is 2.16. The van der Waals surface area contributed by atoms with Crippen molar-refractivity contribution in [1.29, 1.82) is 0 Å². The van der Waals surface area contributed by atoms with Crippen LogP contribution in [0.5, 0.6) is 0 Å². The molecule has 0 aliphatic rings. The maximum atomic E-state index is 5.78. The summed E-state index contributed by atoms with van der Waals surface area (Å²) in [7, 11) is 3.63. The smallest absolute Gasteiger partial charge is 0.0670 e. The second-order valence-electron chi connectivity index (χ2n) is 3.79. The van der Waals surface area contributed by atoms with Gasteiger partial charge in [0.1, 0.15) is 0 Å². The van der Waals surface area contributed by atoms with Crippen LogP contribution in [0.2, 0.25) is 0 Å². The van der Waals surface area contributed by atoms with E-state index in [2.05, 4.69) is 17.3 Å². The van der Waals surface area contributed by atoms with E-state index in [9.17, 15) is 0 Å². The topological polar surface area (TPSA) is 65.1 Å². The molecule has 1 atom stereocenters. The Hall–Kier alpha value is -0.910. The Bertz CT molecular complexity index is 311. The summed E-state index contributed by atoms with van der Waals surface area (Å²) in [6.07, 6.45) is 2.97. The molecule has 1 aromatic heterocycles. The van der Waals surface area contributed by atoms with Crippen molar-refractivity contribution in [3.8, 4) is 0 Å². The quantitative estimate of drug-likeness (QED) is 0.653. The van der Waals surface area contributed by atoms with Crippen molar-refractivity contribution in [3.05, 3.63) is 17.5 Å². The molecule has 1 unspecified atom stereocenters. The second-order valence-corrected chi connectivity index (χ2v) is 3.79. The molecule has 1 heterocycles. The predicted molar refractivity (Wildman–Crippen MR) is 64.3 cm³/mol. The van der Waals surface area contributed by atoms with Crippen LogP contribution < -0.4 is 11.1 Å². The molecular formula is C11H22N4O. The molecule has 0 aliphatic heterocycles. The van der Waals surface area contributed by atoms with E-state index in [1.165, 1.54) is 5.56 Å². The lowest BCUT2D eigenvalue weighted by Crippen LogP contribution is -2.31. The Labute approximate surface area is 97.0 Å². The molecule has 0 saturated heterocycles. The van der Waals surface area contributed by atoms with Gasteiger partial charge in [-0.2, -0.15) is 5.10 Å². The van der Waals surface area contributed by atoms with Gasteiger partial charge in [0.05, 0.1) is 12.3 Å². The summed E-state index contributed by atoms with van der Waals surface area (Å²) in [6, 6.07) is 0.166. The average Bonchev–Trinajstić information content (AvgIpc) is 2.66. The van der Waals surface area contributed by atoms with E-state index >= 15 is 0 Å². The number of methoxy groups -OCH3 is 1. The lowest BCUT2D eigenvalue weighted by Gasteiger charge is -2.16. The van der Waals surface area contributed by atoms with Crippen LogP contribution in [0.1, 0.15) is 24.2 Å². The molecule has 0 spiro atoms. The first kappa shape index (κ1) is 13.2. The molecule has 5 nitrogen and oxygen atoms in total. The van der Waals surface area contributed by atoms with Gasteiger partial charge < -0.3 is 15.8 Å². The van der Waals surface area contributed by atoms with E-state index in [1.807, 2.05) is 17.9 Å². The Balaban J connectivity index is 2.69. The van der Waals surface area contributed by atoms with Gasteiger partial charge in [0.25, 0.3) is 0 Å². The number of hydrogen-bond acceptors (Lipinski definition) is 4. The molecule has 92 valence electrons. The minimum absolute atomic E-state index is 0.166. The lowest BCUT2D eigenvalue weighted by molar-refractivity contribution is 0.196. The normalized spacial score (nSPS) is 13.0. The van der Waals surface area contributed by atoms with Crippen molar-refractivity contribution in [2.45, 2.75) is 19.4 Å². The maximum absolute atomic E-state index is 5.78. The fraction of sp³-hybridized carbons (Fsp3) is 0.727. The van der Waals surface area contributed by atoms with E-state index in [0.717, 1.165) is 18.7 Å². The van der Waals surface area contributed by atoms with Crippen LogP contribution in [0.15, 0.2) is 6.20 Å². The monoisotopic (exact) mass is 226 g/mol. The Kier molecular flexibility index (Phi) is 5.45. The van der Waals surface area contributed by atoms with Gasteiger partial charge >= 0.3 is 0 Å². The number of ether oxygens (including phenoxy) is 1. The number of rotatable bonds is 7. The van der Waals surface area contributed by atoms with Crippen molar-refractivity contribution >= 4 is 0 Å². The standard InChI is InChI=1S/C11H22N4O/c1-4-10-9(8-15(2)14-10)11(7-12)13-5-6-16-3/h8,11,13H,4-7,12H2,1-3H3. The van der Waals surface area contributed by atoms with Crippen LogP contribution in [0.3, 0.4) is 0 Å². The van der Waals surface area contributed by atoms with Crippen LogP contribution in [-0.4, -0.2) is 36.6 Å². The minimum Gasteiger partial charge on any atom is -0.383 e. The fourth-order valence-electron chi connectivity index (χ4n) is 1.77. The third kappa shape index (κ3) is 3.30. The van der Waals surface area contributed by atoms with E-state index in [1.54, 1.807) is 7.11 Å². The van der Waals surface area contributed by atoms with Crippen molar-refractivity contribution in [1.82, 2.24) is 15.1 Å². The largest absolute Gasteiger partial charge is 0.383 e. The number of aromatic nitrogens is 2. The third-order valence-corrected chi connectivity index (χ3v) is 2.58. The van der Waals surface area contributed by atoms with Gasteiger partial charge in [-0.3, -0.25) is 4.68 Å². The van der Waals surface area contributed by atoms with Crippen molar-refractivity contribution in [2.75, 3.05) is 26.8 Å². The highest BCUT2D eigenvalue weighted by molar-refractivity contribution is 5.21. The zero-order valence-electron chi connectivity index (χ0n) is 10.4. The first-order chi connectivity index (χ1) is 7.72. The summed E-state index contributed by atoms with van der Waals surface area (Å²) in [6.45, 7) is 4.17. The summed E-state index contributed by atoms with van der Waals surface area (Å²) in [5.41, 5.74) is 8.09. The van der Waals surface area contributed by atoms with Crippen molar-refractivity contribution in [2.24, 2.45) is 12.8 Å². The fourth-order valence-corrected chi connectivity index (χ4v) is 1.77. The molecule has 0 bridgehead atoms. The summed E-state index contributed by atoms with van der Waals surface area (Å²) < 4.78 is 6.85. The summed E-state index contributed by atoms with van der Waals surface area (Å²) in [4.78, 5) is 0. The molecule has 5 heteroatoms. The second kappa shape index (κ2) is 6.62. The van der Waals surface area contributed by atoms with Gasteiger partial charge in [-0.15, -0.1) is 0 Å². The van der Waals surface area contributed by atoms with Crippen LogP contribution in [0.4, 0.5) is 0 Å². The molecule has 1 aromatic rings. The van der Waals surface area contributed by atoms with Crippen LogP contribution >= 0.6 is 0 Å². The lowest BCUT2D eigenvalue weighted by atomic mass is 10.1. The molecule has 0 aromatic carbocycles. The van der Waals surface area contributed by atoms with Crippen molar-refractivity contribution in [3.63, 3.8) is 0 Å². The molecule has 16 heavy (non-hydrogen) atoms. The molecule has 1 rings (SSSR count). The molecule has 0 fully saturated rings. The first-order valence-corrected chi connectivity index (χ1v) is 5.67. The number of nitrogens with one attached hydrogen (secondary N) is 1. The number of nitrogens with two attached hydrogens (primary N) is 1. The van der Waals surface area contributed by atoms with Gasteiger partial charge in [-0.25, -0.2) is 0 Å². The SMILES string of the molecule is CCc1nn(C)cc1C(CN)NCCOC. The molecule has 0 aliphatic carbocycles. The molecule has 0 saturated carbocycles. The van der Waals surface area contributed by atoms with Crippen LogP contribution in [0.25, 0.3) is 0 Å².